The number of rotatable bonds is 11. The van der Waals surface area contributed by atoms with Crippen molar-refractivity contribution in [3.63, 3.8) is 0 Å². The van der Waals surface area contributed by atoms with Crippen molar-refractivity contribution in [2.45, 2.75) is 64.9 Å². The molecule has 0 aliphatic heterocycles. The van der Waals surface area contributed by atoms with Crippen LogP contribution < -0.4 is 16.1 Å². The number of carbonyl (C=O) groups excluding carboxylic acids is 3. The van der Waals surface area contributed by atoms with Crippen molar-refractivity contribution in [1.82, 2.24) is 5.43 Å². The van der Waals surface area contributed by atoms with Gasteiger partial charge < -0.3 is 15.2 Å². The van der Waals surface area contributed by atoms with E-state index in [1.54, 1.807) is 63.2 Å². The van der Waals surface area contributed by atoms with Gasteiger partial charge in [-0.3, -0.25) is 14.9 Å². The molecular formula is C26H34N4O5. The third kappa shape index (κ3) is 11.7. The number of nitrogens with one attached hydrogen (secondary N) is 3. The molecule has 2 rings (SSSR count). The van der Waals surface area contributed by atoms with E-state index in [0.717, 1.165) is 18.4 Å². The van der Waals surface area contributed by atoms with E-state index in [1.165, 1.54) is 12.3 Å². The Balaban J connectivity index is 1.57. The third-order valence-electron chi connectivity index (χ3n) is 4.69. The van der Waals surface area contributed by atoms with Crippen molar-refractivity contribution in [1.29, 1.82) is 0 Å². The number of ether oxygens (including phenoxy) is 1. The SMILES string of the molecule is CC(C)(C)OC(=O)Nc1ccc(/C=N/NC(=O)CCCCCCC(=O)Nc2ccccc2O)cc1. The fourth-order valence-electron chi connectivity index (χ4n) is 3.03. The first-order chi connectivity index (χ1) is 16.6. The maximum absolute atomic E-state index is 11.9. The molecule has 0 unspecified atom stereocenters. The van der Waals surface area contributed by atoms with Crippen LogP contribution in [0, 0.1) is 0 Å². The van der Waals surface area contributed by atoms with E-state index in [4.69, 9.17) is 4.74 Å². The summed E-state index contributed by atoms with van der Waals surface area (Å²) >= 11 is 0. The number of anilines is 2. The van der Waals surface area contributed by atoms with E-state index in [9.17, 15) is 19.5 Å². The van der Waals surface area contributed by atoms with Crippen molar-refractivity contribution < 1.29 is 24.2 Å². The Morgan fingerprint density at radius 2 is 1.51 bits per heavy atom. The summed E-state index contributed by atoms with van der Waals surface area (Å²) in [6, 6.07) is 13.6. The van der Waals surface area contributed by atoms with Crippen LogP contribution in [-0.4, -0.2) is 34.8 Å². The Hall–Kier alpha value is -3.88. The van der Waals surface area contributed by atoms with Gasteiger partial charge in [-0.2, -0.15) is 5.10 Å². The minimum absolute atomic E-state index is 0.0433. The molecule has 9 nitrogen and oxygen atoms in total. The predicted molar refractivity (Wildman–Crippen MR) is 136 cm³/mol. The summed E-state index contributed by atoms with van der Waals surface area (Å²) in [5, 5.41) is 19.0. The second kappa shape index (κ2) is 13.7. The largest absolute Gasteiger partial charge is 0.506 e. The molecule has 2 aromatic rings. The summed E-state index contributed by atoms with van der Waals surface area (Å²) < 4.78 is 5.20. The summed E-state index contributed by atoms with van der Waals surface area (Å²) in [7, 11) is 0. The Kier molecular flexibility index (Phi) is 10.7. The Bertz CT molecular complexity index is 1010. The van der Waals surface area contributed by atoms with Gasteiger partial charge in [-0.25, -0.2) is 10.2 Å². The first-order valence-corrected chi connectivity index (χ1v) is 11.6. The lowest BCUT2D eigenvalue weighted by Crippen LogP contribution is -2.27. The van der Waals surface area contributed by atoms with Gasteiger partial charge in [-0.15, -0.1) is 0 Å². The van der Waals surface area contributed by atoms with E-state index in [2.05, 4.69) is 21.2 Å². The van der Waals surface area contributed by atoms with Gasteiger partial charge in [0.05, 0.1) is 11.9 Å². The molecule has 188 valence electrons. The van der Waals surface area contributed by atoms with Crippen molar-refractivity contribution in [3.8, 4) is 5.75 Å². The number of hydrazone groups is 1. The third-order valence-corrected chi connectivity index (χ3v) is 4.69. The molecule has 0 aromatic heterocycles. The van der Waals surface area contributed by atoms with E-state index in [-0.39, 0.29) is 17.6 Å². The van der Waals surface area contributed by atoms with Gasteiger partial charge in [0, 0.05) is 18.5 Å². The van der Waals surface area contributed by atoms with Crippen LogP contribution in [0.1, 0.15) is 64.9 Å². The fourth-order valence-corrected chi connectivity index (χ4v) is 3.03. The van der Waals surface area contributed by atoms with E-state index < -0.39 is 11.7 Å². The average Bonchev–Trinajstić information content (AvgIpc) is 2.77. The van der Waals surface area contributed by atoms with Crippen LogP contribution in [0.4, 0.5) is 16.2 Å². The molecule has 4 N–H and O–H groups in total. The maximum Gasteiger partial charge on any atom is 0.412 e. The highest BCUT2D eigenvalue weighted by Gasteiger charge is 2.16. The van der Waals surface area contributed by atoms with Gasteiger partial charge in [0.1, 0.15) is 11.4 Å². The number of benzene rings is 2. The van der Waals surface area contributed by atoms with Crippen molar-refractivity contribution in [2.75, 3.05) is 10.6 Å². The smallest absolute Gasteiger partial charge is 0.412 e. The number of aromatic hydroxyl groups is 1. The molecular weight excluding hydrogens is 448 g/mol. The van der Waals surface area contributed by atoms with Crippen LogP contribution in [0.25, 0.3) is 0 Å². The number of hydrogen-bond donors (Lipinski definition) is 4. The Labute approximate surface area is 206 Å². The number of unbranched alkanes of at least 4 members (excludes halogenated alkanes) is 3. The molecule has 0 saturated carbocycles. The van der Waals surface area contributed by atoms with Crippen LogP contribution in [0.3, 0.4) is 0 Å². The second-order valence-electron chi connectivity index (χ2n) is 9.02. The average molecular weight is 483 g/mol. The highest BCUT2D eigenvalue weighted by molar-refractivity contribution is 5.92. The molecule has 0 radical (unpaired) electrons. The van der Waals surface area contributed by atoms with Gasteiger partial charge in [0.15, 0.2) is 0 Å². The van der Waals surface area contributed by atoms with Crippen molar-refractivity contribution in [3.05, 3.63) is 54.1 Å². The van der Waals surface area contributed by atoms with E-state index in [1.807, 2.05) is 0 Å². The molecule has 0 heterocycles. The topological polar surface area (TPSA) is 129 Å². The Morgan fingerprint density at radius 1 is 0.886 bits per heavy atom. The van der Waals surface area contributed by atoms with Crippen LogP contribution in [-0.2, 0) is 14.3 Å². The fraction of sp³-hybridized carbons (Fsp3) is 0.385. The summed E-state index contributed by atoms with van der Waals surface area (Å²) in [6.07, 6.45) is 4.77. The molecule has 9 heteroatoms. The van der Waals surface area contributed by atoms with Gasteiger partial charge in [-0.1, -0.05) is 37.1 Å². The summed E-state index contributed by atoms with van der Waals surface area (Å²) in [6.45, 7) is 5.38. The lowest BCUT2D eigenvalue weighted by atomic mass is 10.1. The molecule has 0 atom stereocenters. The number of para-hydroxylation sites is 2. The monoisotopic (exact) mass is 482 g/mol. The van der Waals surface area contributed by atoms with Gasteiger partial charge in [0.25, 0.3) is 0 Å². The number of carbonyl (C=O) groups is 3. The number of phenolic OH excluding ortho intramolecular Hbond substituents is 1. The van der Waals surface area contributed by atoms with Crippen LogP contribution in [0.5, 0.6) is 5.75 Å². The lowest BCUT2D eigenvalue weighted by Gasteiger charge is -2.19. The van der Waals surface area contributed by atoms with E-state index >= 15 is 0 Å². The summed E-state index contributed by atoms with van der Waals surface area (Å²) in [4.78, 5) is 35.6. The van der Waals surface area contributed by atoms with Crippen molar-refractivity contribution in [2.24, 2.45) is 5.10 Å². The normalized spacial score (nSPS) is 11.2. The van der Waals surface area contributed by atoms with Gasteiger partial charge in [-0.05, 0) is 63.4 Å². The first kappa shape index (κ1) is 27.4. The molecule has 0 fully saturated rings. The highest BCUT2D eigenvalue weighted by Crippen LogP contribution is 2.21. The molecule has 35 heavy (non-hydrogen) atoms. The minimum Gasteiger partial charge on any atom is -0.506 e. The first-order valence-electron chi connectivity index (χ1n) is 11.6. The number of nitrogens with zero attached hydrogens (tertiary/aromatic N) is 1. The zero-order valence-electron chi connectivity index (χ0n) is 20.5. The summed E-state index contributed by atoms with van der Waals surface area (Å²) in [5.41, 5.74) is 3.69. The number of hydrogen-bond acceptors (Lipinski definition) is 6. The molecule has 0 saturated heterocycles. The predicted octanol–water partition coefficient (Wildman–Crippen LogP) is 5.17. The van der Waals surface area contributed by atoms with E-state index in [0.29, 0.717) is 37.1 Å². The van der Waals surface area contributed by atoms with Gasteiger partial charge >= 0.3 is 6.09 Å². The van der Waals surface area contributed by atoms with Gasteiger partial charge in [0.2, 0.25) is 11.8 Å². The second-order valence-corrected chi connectivity index (χ2v) is 9.02. The quantitative estimate of drug-likeness (QED) is 0.152. The molecule has 0 spiro atoms. The number of amides is 3. The maximum atomic E-state index is 11.9. The highest BCUT2D eigenvalue weighted by atomic mass is 16.6. The summed E-state index contributed by atoms with van der Waals surface area (Å²) in [5.74, 6) is -0.282. The molecule has 0 bridgehead atoms. The molecule has 0 aliphatic carbocycles. The van der Waals surface area contributed by atoms with Crippen molar-refractivity contribution >= 4 is 35.5 Å². The minimum atomic E-state index is -0.570. The number of phenols is 1. The molecule has 0 aliphatic rings. The molecule has 3 amide bonds. The van der Waals surface area contributed by atoms with Crippen LogP contribution >= 0.6 is 0 Å². The van der Waals surface area contributed by atoms with Crippen LogP contribution in [0.15, 0.2) is 53.6 Å². The lowest BCUT2D eigenvalue weighted by molar-refractivity contribution is -0.121. The Morgan fingerprint density at radius 3 is 2.14 bits per heavy atom. The van der Waals surface area contributed by atoms with Crippen LogP contribution in [0.2, 0.25) is 0 Å². The standard InChI is InChI=1S/C26H34N4O5/c1-26(2,3)35-25(34)28-20-16-14-19(15-17-20)18-27-30-24(33)13-7-5-4-6-12-23(32)29-21-10-8-9-11-22(21)31/h8-11,14-18,31H,4-7,12-13H2,1-3H3,(H,28,34)(H,29,32)(H,30,33)/b27-18+. The zero-order chi connectivity index (χ0) is 25.7. The zero-order valence-corrected chi connectivity index (χ0v) is 20.5. The molecule has 2 aromatic carbocycles.